The normalized spacial score (nSPS) is 13.8. The van der Waals surface area contributed by atoms with E-state index in [1.54, 1.807) is 12.3 Å². The van der Waals surface area contributed by atoms with Crippen molar-refractivity contribution in [3.63, 3.8) is 0 Å². The second-order valence-corrected chi connectivity index (χ2v) is 13.3. The highest BCUT2D eigenvalue weighted by Crippen LogP contribution is 2.29. The zero-order valence-electron chi connectivity index (χ0n) is 19.6. The van der Waals surface area contributed by atoms with Crippen LogP contribution in [0.3, 0.4) is 0 Å². The first kappa shape index (κ1) is 14.9. The molecule has 2 aromatic carbocycles. The molecule has 1 aromatic heterocycles. The molecule has 26 heavy (non-hydrogen) atoms. The molecule has 1 nitrogen and oxygen atoms in total. The molecule has 0 saturated heterocycles. The molecule has 0 aliphatic rings. The van der Waals surface area contributed by atoms with Crippen LogP contribution in [0.2, 0.25) is 19.6 Å². The number of pyridine rings is 1. The Hall–Kier alpha value is -2.19. The Morgan fingerprint density at radius 3 is 2.08 bits per heavy atom. The monoisotopic (exact) mass is 363 g/mol. The van der Waals surface area contributed by atoms with Crippen molar-refractivity contribution < 1.29 is 8.68 Å². The van der Waals surface area contributed by atoms with E-state index in [9.17, 15) is 0 Å². The molecule has 3 rings (SSSR count). The van der Waals surface area contributed by atoms with E-state index in [1.807, 2.05) is 17.7 Å². The lowest BCUT2D eigenvalue weighted by molar-refractivity contribution is -0.660. The molecule has 3 aromatic rings. The molecule has 0 fully saturated rings. The highest BCUT2D eigenvalue weighted by atomic mass is 28.3. The van der Waals surface area contributed by atoms with E-state index in [0.717, 1.165) is 11.3 Å². The Morgan fingerprint density at radius 2 is 1.50 bits per heavy atom. The summed E-state index contributed by atoms with van der Waals surface area (Å²) in [6.45, 7) is 9.30. The van der Waals surface area contributed by atoms with Crippen LogP contribution in [0.25, 0.3) is 22.4 Å². The van der Waals surface area contributed by atoms with Crippen molar-refractivity contribution in [2.24, 2.45) is 7.05 Å². The van der Waals surface area contributed by atoms with Crippen LogP contribution >= 0.6 is 0 Å². The summed E-state index contributed by atoms with van der Waals surface area (Å²) in [7, 11) is 0.361. The SMILES string of the molecule is [2H]C([2H])([2H])c1ccc(-c2cc(-c3ccc(C)cc3)c([Si](C)(C)C)cc2C)[n+](C)c1. The van der Waals surface area contributed by atoms with Crippen LogP contribution in [0.5, 0.6) is 0 Å². The minimum Gasteiger partial charge on any atom is -0.201 e. The van der Waals surface area contributed by atoms with Crippen molar-refractivity contribution in [1.82, 2.24) is 0 Å². The molecule has 0 aliphatic heterocycles. The predicted octanol–water partition coefficient (Wildman–Crippen LogP) is 5.32. The summed E-state index contributed by atoms with van der Waals surface area (Å²) in [5.74, 6) is 0. The highest BCUT2D eigenvalue weighted by molar-refractivity contribution is 6.89. The average Bonchev–Trinajstić information content (AvgIpc) is 2.61. The summed E-state index contributed by atoms with van der Waals surface area (Å²) in [6, 6.07) is 17.0. The third-order valence-corrected chi connectivity index (χ3v) is 6.97. The quantitative estimate of drug-likeness (QED) is 0.438. The lowest BCUT2D eigenvalue weighted by atomic mass is 9.96. The van der Waals surface area contributed by atoms with Crippen LogP contribution in [0.15, 0.2) is 54.7 Å². The molecule has 0 N–H and O–H groups in total. The maximum Gasteiger partial charge on any atom is 0.212 e. The lowest BCUT2D eigenvalue weighted by Gasteiger charge is -2.23. The van der Waals surface area contributed by atoms with Gasteiger partial charge in [0.1, 0.15) is 7.05 Å². The summed E-state index contributed by atoms with van der Waals surface area (Å²) in [5.41, 5.74) is 7.51. The topological polar surface area (TPSA) is 3.88 Å². The van der Waals surface area contributed by atoms with Gasteiger partial charge in [0.25, 0.3) is 0 Å². The van der Waals surface area contributed by atoms with Gasteiger partial charge in [-0.05, 0) is 49.5 Å². The van der Waals surface area contributed by atoms with E-state index in [1.165, 1.54) is 27.4 Å². The van der Waals surface area contributed by atoms with Crippen LogP contribution in [0.1, 0.15) is 20.8 Å². The fourth-order valence-corrected chi connectivity index (χ4v) is 5.14. The number of nitrogens with zero attached hydrogens (tertiary/aromatic N) is 1. The van der Waals surface area contributed by atoms with E-state index in [-0.39, 0.29) is 0 Å². The maximum absolute atomic E-state index is 7.67. The third kappa shape index (κ3) is 3.66. The van der Waals surface area contributed by atoms with Gasteiger partial charge in [0.15, 0.2) is 6.20 Å². The van der Waals surface area contributed by atoms with E-state index < -0.39 is 14.9 Å². The number of aromatic nitrogens is 1. The smallest absolute Gasteiger partial charge is 0.201 e. The molecule has 0 bridgehead atoms. The second-order valence-electron chi connectivity index (χ2n) is 8.24. The molecule has 0 saturated carbocycles. The molecule has 0 aliphatic carbocycles. The van der Waals surface area contributed by atoms with Crippen molar-refractivity contribution in [3.8, 4) is 22.4 Å². The molecule has 0 atom stereocenters. The minimum absolute atomic E-state index is 0.360. The third-order valence-electron chi connectivity index (χ3n) is 4.94. The van der Waals surface area contributed by atoms with Crippen LogP contribution < -0.4 is 9.75 Å². The predicted molar refractivity (Wildman–Crippen MR) is 116 cm³/mol. The fraction of sp³-hybridized carbons (Fsp3) is 0.292. The first-order chi connectivity index (χ1) is 13.4. The maximum atomic E-state index is 7.67. The summed E-state index contributed by atoms with van der Waals surface area (Å²) in [4.78, 5) is 0. The molecule has 0 spiro atoms. The summed E-state index contributed by atoms with van der Waals surface area (Å²) >= 11 is 0. The zero-order valence-corrected chi connectivity index (χ0v) is 17.6. The Labute approximate surface area is 163 Å². The van der Waals surface area contributed by atoms with Crippen molar-refractivity contribution in [2.75, 3.05) is 0 Å². The number of hydrogen-bond acceptors (Lipinski definition) is 0. The van der Waals surface area contributed by atoms with Crippen LogP contribution in [-0.4, -0.2) is 8.07 Å². The van der Waals surface area contributed by atoms with E-state index in [4.69, 9.17) is 4.11 Å². The second kappa shape index (κ2) is 6.84. The highest BCUT2D eigenvalue weighted by Gasteiger charge is 2.24. The summed E-state index contributed by atoms with van der Waals surface area (Å²) < 4.78 is 24.9. The van der Waals surface area contributed by atoms with Crippen LogP contribution in [-0.2, 0) is 7.05 Å². The number of hydrogen-bond donors (Lipinski definition) is 0. The van der Waals surface area contributed by atoms with Gasteiger partial charge in [-0.2, -0.15) is 0 Å². The van der Waals surface area contributed by atoms with Gasteiger partial charge in [0.05, 0.1) is 8.07 Å². The van der Waals surface area contributed by atoms with Gasteiger partial charge >= 0.3 is 0 Å². The van der Waals surface area contributed by atoms with Gasteiger partial charge in [0, 0.05) is 21.3 Å². The Bertz CT molecular complexity index is 1050. The number of rotatable bonds is 3. The van der Waals surface area contributed by atoms with Gasteiger partial charge in [-0.1, -0.05) is 60.7 Å². The van der Waals surface area contributed by atoms with E-state index >= 15 is 0 Å². The number of benzene rings is 2. The molecule has 1 heterocycles. The Morgan fingerprint density at radius 1 is 0.846 bits per heavy atom. The van der Waals surface area contributed by atoms with Gasteiger partial charge in [-0.15, -0.1) is 0 Å². The van der Waals surface area contributed by atoms with Crippen molar-refractivity contribution >= 4 is 13.3 Å². The lowest BCUT2D eigenvalue weighted by Crippen LogP contribution is -2.39. The van der Waals surface area contributed by atoms with Crippen molar-refractivity contribution in [2.45, 2.75) is 40.3 Å². The zero-order chi connectivity index (χ0) is 21.6. The summed E-state index contributed by atoms with van der Waals surface area (Å²) in [6.07, 6.45) is 1.72. The Kier molecular flexibility index (Phi) is 3.93. The summed E-state index contributed by atoms with van der Waals surface area (Å²) in [5, 5.41) is 1.45. The first-order valence-corrected chi connectivity index (χ1v) is 12.6. The van der Waals surface area contributed by atoms with Gasteiger partial charge in [-0.25, -0.2) is 4.57 Å². The molecule has 134 valence electrons. The van der Waals surface area contributed by atoms with E-state index in [0.29, 0.717) is 5.56 Å². The van der Waals surface area contributed by atoms with Gasteiger partial charge in [0.2, 0.25) is 5.69 Å². The van der Waals surface area contributed by atoms with Crippen LogP contribution in [0, 0.1) is 20.7 Å². The molecule has 0 radical (unpaired) electrons. The van der Waals surface area contributed by atoms with Gasteiger partial charge < -0.3 is 0 Å². The minimum atomic E-state index is -2.10. The molecular weight excluding hydrogens is 330 g/mol. The van der Waals surface area contributed by atoms with Gasteiger partial charge in [-0.3, -0.25) is 0 Å². The molecule has 0 unspecified atom stereocenters. The molecule has 2 heteroatoms. The fourth-order valence-electron chi connectivity index (χ4n) is 3.46. The van der Waals surface area contributed by atoms with Crippen molar-refractivity contribution in [3.05, 3.63) is 71.4 Å². The molecular formula is C24H30NSi+. The van der Waals surface area contributed by atoms with Crippen LogP contribution in [0.4, 0.5) is 0 Å². The number of aryl methyl sites for hydroxylation is 4. The average molecular weight is 364 g/mol. The Balaban J connectivity index is 2.24. The van der Waals surface area contributed by atoms with Crippen molar-refractivity contribution in [1.29, 1.82) is 0 Å². The largest absolute Gasteiger partial charge is 0.212 e. The standard InChI is InChI=1S/C24H30NSi/c1-17-8-11-20(12-9-17)22-15-21(19(3)14-24(22)26(5,6)7)23-13-10-18(2)16-25(23)4/h8-16H,1-7H3/q+1/i2D3. The first-order valence-electron chi connectivity index (χ1n) is 10.6. The molecule has 0 amide bonds. The van der Waals surface area contributed by atoms with E-state index in [2.05, 4.69) is 69.9 Å².